The Balaban J connectivity index is 1.85. The molecule has 1 aromatic carbocycles. The highest BCUT2D eigenvalue weighted by Gasteiger charge is 2.24. The van der Waals surface area contributed by atoms with E-state index in [1.807, 2.05) is 18.2 Å². The van der Waals surface area contributed by atoms with Crippen LogP contribution in [0, 0.1) is 0 Å². The number of nitrogens with zero attached hydrogens (tertiary/aromatic N) is 1. The molecule has 1 saturated heterocycles. The van der Waals surface area contributed by atoms with Crippen LogP contribution in [0.1, 0.15) is 30.9 Å². The van der Waals surface area contributed by atoms with Crippen LogP contribution in [0.4, 0.5) is 0 Å². The first-order chi connectivity index (χ1) is 9.38. The summed E-state index contributed by atoms with van der Waals surface area (Å²) in [5, 5.41) is 9.69. The fourth-order valence-corrected chi connectivity index (χ4v) is 2.87. The number of aliphatic hydroxyl groups excluding tert-OH is 1. The molecule has 3 rings (SSSR count). The van der Waals surface area contributed by atoms with Gasteiger partial charge < -0.3 is 14.6 Å². The summed E-state index contributed by atoms with van der Waals surface area (Å²) in [5.74, 6) is 1.63. The monoisotopic (exact) mass is 263 g/mol. The van der Waals surface area contributed by atoms with E-state index >= 15 is 0 Å². The Morgan fingerprint density at radius 1 is 1.05 bits per heavy atom. The van der Waals surface area contributed by atoms with E-state index in [0.717, 1.165) is 36.6 Å². The molecule has 2 heterocycles. The van der Waals surface area contributed by atoms with Gasteiger partial charge in [-0.05, 0) is 43.6 Å². The van der Waals surface area contributed by atoms with Crippen molar-refractivity contribution < 1.29 is 14.6 Å². The molecule has 1 unspecified atom stereocenters. The Morgan fingerprint density at radius 3 is 2.53 bits per heavy atom. The molecule has 0 radical (unpaired) electrons. The zero-order chi connectivity index (χ0) is 13.1. The Hall–Kier alpha value is -1.26. The van der Waals surface area contributed by atoms with Crippen molar-refractivity contribution >= 4 is 0 Å². The summed E-state index contributed by atoms with van der Waals surface area (Å²) in [7, 11) is 0. The highest BCUT2D eigenvalue weighted by Crippen LogP contribution is 2.34. The summed E-state index contributed by atoms with van der Waals surface area (Å²) in [5.41, 5.74) is 1.12. The lowest BCUT2D eigenvalue weighted by Crippen LogP contribution is -2.28. The van der Waals surface area contributed by atoms with Crippen molar-refractivity contribution in [2.75, 3.05) is 32.9 Å². The molecule has 0 aromatic heterocycles. The van der Waals surface area contributed by atoms with Crippen LogP contribution in [0.15, 0.2) is 18.2 Å². The minimum absolute atomic E-state index is 0.0830. The number of fused-ring (bicyclic) bond motifs is 1. The first kappa shape index (κ1) is 12.8. The normalized spacial score (nSPS) is 21.1. The van der Waals surface area contributed by atoms with E-state index in [1.54, 1.807) is 0 Å². The van der Waals surface area contributed by atoms with Crippen molar-refractivity contribution in [3.63, 3.8) is 0 Å². The van der Waals surface area contributed by atoms with Crippen LogP contribution in [0.5, 0.6) is 11.5 Å². The Morgan fingerprint density at radius 2 is 1.79 bits per heavy atom. The number of rotatable bonds is 3. The summed E-state index contributed by atoms with van der Waals surface area (Å²) >= 11 is 0. The van der Waals surface area contributed by atoms with Gasteiger partial charge in [0.1, 0.15) is 0 Å². The maximum absolute atomic E-state index is 9.69. The molecular weight excluding hydrogens is 242 g/mol. The first-order valence-electron chi connectivity index (χ1n) is 7.13. The maximum Gasteiger partial charge on any atom is 0.161 e. The van der Waals surface area contributed by atoms with Crippen LogP contribution in [-0.2, 0) is 0 Å². The zero-order valence-corrected chi connectivity index (χ0v) is 11.2. The van der Waals surface area contributed by atoms with E-state index in [4.69, 9.17) is 9.47 Å². The molecule has 1 fully saturated rings. The molecule has 2 aliphatic heterocycles. The van der Waals surface area contributed by atoms with E-state index in [-0.39, 0.29) is 12.6 Å². The highest BCUT2D eigenvalue weighted by atomic mass is 16.5. The van der Waals surface area contributed by atoms with E-state index in [0.29, 0.717) is 13.2 Å². The van der Waals surface area contributed by atoms with Crippen LogP contribution < -0.4 is 9.47 Å². The van der Waals surface area contributed by atoms with Crippen LogP contribution in [-0.4, -0.2) is 42.9 Å². The van der Waals surface area contributed by atoms with Gasteiger partial charge in [0, 0.05) is 6.42 Å². The van der Waals surface area contributed by atoms with Gasteiger partial charge in [0.15, 0.2) is 11.5 Å². The SMILES string of the molecule is OCC(c1ccc2c(c1)OCCCO2)N1CCCC1. The first-order valence-corrected chi connectivity index (χ1v) is 7.13. The summed E-state index contributed by atoms with van der Waals surface area (Å²) < 4.78 is 11.4. The molecule has 4 heteroatoms. The average molecular weight is 263 g/mol. The Bertz CT molecular complexity index is 429. The molecule has 104 valence electrons. The van der Waals surface area contributed by atoms with Crippen LogP contribution in [0.3, 0.4) is 0 Å². The summed E-state index contributed by atoms with van der Waals surface area (Å²) in [6.45, 7) is 3.70. The third kappa shape index (κ3) is 2.69. The van der Waals surface area contributed by atoms with E-state index in [1.165, 1.54) is 12.8 Å². The van der Waals surface area contributed by atoms with Crippen molar-refractivity contribution in [2.24, 2.45) is 0 Å². The van der Waals surface area contributed by atoms with Gasteiger partial charge in [-0.25, -0.2) is 0 Å². The van der Waals surface area contributed by atoms with Gasteiger partial charge in [0.25, 0.3) is 0 Å². The number of aliphatic hydroxyl groups is 1. The molecule has 1 atom stereocenters. The minimum Gasteiger partial charge on any atom is -0.490 e. The lowest BCUT2D eigenvalue weighted by Gasteiger charge is -2.26. The lowest BCUT2D eigenvalue weighted by molar-refractivity contribution is 0.146. The molecule has 1 N–H and O–H groups in total. The predicted molar refractivity (Wildman–Crippen MR) is 72.7 cm³/mol. The maximum atomic E-state index is 9.69. The minimum atomic E-state index is 0.0830. The third-order valence-electron chi connectivity index (χ3n) is 3.91. The largest absolute Gasteiger partial charge is 0.490 e. The average Bonchev–Trinajstić information content (AvgIpc) is 2.85. The fraction of sp³-hybridized carbons (Fsp3) is 0.600. The second-order valence-electron chi connectivity index (χ2n) is 5.20. The molecule has 2 aliphatic rings. The Labute approximate surface area is 113 Å². The van der Waals surface area contributed by atoms with Crippen LogP contribution in [0.2, 0.25) is 0 Å². The number of ether oxygens (including phenoxy) is 2. The molecule has 4 nitrogen and oxygen atoms in total. The van der Waals surface area contributed by atoms with Crippen molar-refractivity contribution in [1.82, 2.24) is 4.90 Å². The zero-order valence-electron chi connectivity index (χ0n) is 11.2. The molecular formula is C15H21NO3. The number of likely N-dealkylation sites (tertiary alicyclic amines) is 1. The van der Waals surface area contributed by atoms with E-state index in [2.05, 4.69) is 4.90 Å². The lowest BCUT2D eigenvalue weighted by atomic mass is 10.1. The van der Waals surface area contributed by atoms with Crippen molar-refractivity contribution in [3.05, 3.63) is 23.8 Å². The number of hydrogen-bond acceptors (Lipinski definition) is 4. The van der Waals surface area contributed by atoms with E-state index in [9.17, 15) is 5.11 Å². The van der Waals surface area contributed by atoms with Crippen LogP contribution >= 0.6 is 0 Å². The fourth-order valence-electron chi connectivity index (χ4n) is 2.87. The molecule has 1 aromatic rings. The van der Waals surface area contributed by atoms with Gasteiger partial charge in [-0.15, -0.1) is 0 Å². The molecule has 0 bridgehead atoms. The highest BCUT2D eigenvalue weighted by molar-refractivity contribution is 5.44. The molecule has 0 aliphatic carbocycles. The van der Waals surface area contributed by atoms with Gasteiger partial charge in [-0.3, -0.25) is 4.90 Å². The molecule has 0 amide bonds. The second-order valence-corrected chi connectivity index (χ2v) is 5.20. The van der Waals surface area contributed by atoms with Gasteiger partial charge in [-0.1, -0.05) is 6.07 Å². The predicted octanol–water partition coefficient (Wildman–Crippen LogP) is 1.98. The number of hydrogen-bond donors (Lipinski definition) is 1. The standard InChI is InChI=1S/C15H21NO3/c17-11-13(16-6-1-2-7-16)12-4-5-14-15(10-12)19-9-3-8-18-14/h4-5,10,13,17H,1-3,6-9,11H2. The Kier molecular flexibility index (Phi) is 3.89. The van der Waals surface area contributed by atoms with Crippen molar-refractivity contribution in [2.45, 2.75) is 25.3 Å². The smallest absolute Gasteiger partial charge is 0.161 e. The van der Waals surface area contributed by atoms with Gasteiger partial charge in [0.2, 0.25) is 0 Å². The number of benzene rings is 1. The topological polar surface area (TPSA) is 41.9 Å². The molecule has 0 saturated carbocycles. The van der Waals surface area contributed by atoms with Crippen LogP contribution in [0.25, 0.3) is 0 Å². The van der Waals surface area contributed by atoms with Gasteiger partial charge >= 0.3 is 0 Å². The van der Waals surface area contributed by atoms with Gasteiger partial charge in [0.05, 0.1) is 25.9 Å². The molecule has 0 spiro atoms. The summed E-state index contributed by atoms with van der Waals surface area (Å²) in [4.78, 5) is 2.35. The molecule has 19 heavy (non-hydrogen) atoms. The summed E-state index contributed by atoms with van der Waals surface area (Å²) in [6.07, 6.45) is 3.36. The van der Waals surface area contributed by atoms with Crippen molar-refractivity contribution in [1.29, 1.82) is 0 Å². The third-order valence-corrected chi connectivity index (χ3v) is 3.91. The summed E-state index contributed by atoms with van der Waals surface area (Å²) in [6, 6.07) is 6.13. The van der Waals surface area contributed by atoms with E-state index < -0.39 is 0 Å². The quantitative estimate of drug-likeness (QED) is 0.905. The second kappa shape index (κ2) is 5.80. The van der Waals surface area contributed by atoms with Gasteiger partial charge in [-0.2, -0.15) is 0 Å². The van der Waals surface area contributed by atoms with Crippen molar-refractivity contribution in [3.8, 4) is 11.5 Å².